The van der Waals surface area contributed by atoms with Crippen molar-refractivity contribution in [2.24, 2.45) is 4.99 Å². The molecule has 0 aliphatic heterocycles. The van der Waals surface area contributed by atoms with Crippen molar-refractivity contribution in [3.05, 3.63) is 0 Å². The molecule has 4 heteroatoms. The minimum absolute atomic E-state index is 0.382. The molecule has 0 aromatic carbocycles. The summed E-state index contributed by atoms with van der Waals surface area (Å²) in [6, 6.07) is 0. The van der Waals surface area contributed by atoms with Crippen molar-refractivity contribution in [1.82, 2.24) is 0 Å². The fraction of sp³-hybridized carbons (Fsp3) is 0.833. The summed E-state index contributed by atoms with van der Waals surface area (Å²) in [7, 11) is 1.60. The summed E-state index contributed by atoms with van der Waals surface area (Å²) in [6.45, 7) is 1.96. The van der Waals surface area contributed by atoms with Gasteiger partial charge in [-0.1, -0.05) is 0 Å². The monoisotopic (exact) mass is 145 g/mol. The molecule has 0 amide bonds. The third-order valence-corrected chi connectivity index (χ3v) is 0.844. The Balaban J connectivity index is 2.83. The number of isocyanates is 1. The smallest absolute Gasteiger partial charge is 0.235 e. The Hall–Kier alpha value is -0.700. The fourth-order valence-electron chi connectivity index (χ4n) is 0.400. The van der Waals surface area contributed by atoms with Gasteiger partial charge in [-0.15, -0.1) is 0 Å². The molecule has 58 valence electrons. The first-order valence-electron chi connectivity index (χ1n) is 3.02. The van der Waals surface area contributed by atoms with Crippen molar-refractivity contribution >= 4 is 6.08 Å². The van der Waals surface area contributed by atoms with Crippen LogP contribution in [0.25, 0.3) is 0 Å². The highest BCUT2D eigenvalue weighted by molar-refractivity contribution is 5.32. The Morgan fingerprint density at radius 3 is 2.80 bits per heavy atom. The molecule has 0 unspecified atom stereocenters. The minimum Gasteiger partial charge on any atom is -0.382 e. The van der Waals surface area contributed by atoms with E-state index in [0.717, 1.165) is 0 Å². The van der Waals surface area contributed by atoms with Crippen molar-refractivity contribution in [2.45, 2.75) is 0 Å². The van der Waals surface area contributed by atoms with Crippen LogP contribution in [0.1, 0.15) is 0 Å². The van der Waals surface area contributed by atoms with E-state index in [-0.39, 0.29) is 0 Å². The molecule has 0 aromatic rings. The molecule has 4 nitrogen and oxygen atoms in total. The summed E-state index contributed by atoms with van der Waals surface area (Å²) in [5, 5.41) is 0. The molecular formula is C6H11NO3. The number of nitrogens with zero attached hydrogens (tertiary/aromatic N) is 1. The number of methoxy groups -OCH3 is 1. The Labute approximate surface area is 59.8 Å². The van der Waals surface area contributed by atoms with E-state index in [4.69, 9.17) is 9.47 Å². The van der Waals surface area contributed by atoms with Crippen molar-refractivity contribution in [1.29, 1.82) is 0 Å². The van der Waals surface area contributed by atoms with Crippen LogP contribution < -0.4 is 0 Å². The molecule has 0 atom stereocenters. The molecule has 0 aliphatic rings. The summed E-state index contributed by atoms with van der Waals surface area (Å²) < 4.78 is 9.69. The molecule has 0 saturated carbocycles. The van der Waals surface area contributed by atoms with Crippen molar-refractivity contribution in [3.8, 4) is 0 Å². The maximum absolute atomic E-state index is 9.52. The van der Waals surface area contributed by atoms with Gasteiger partial charge >= 0.3 is 0 Å². The van der Waals surface area contributed by atoms with E-state index < -0.39 is 0 Å². The van der Waals surface area contributed by atoms with Crippen molar-refractivity contribution in [2.75, 3.05) is 33.5 Å². The zero-order valence-corrected chi connectivity index (χ0v) is 6.00. The predicted molar refractivity (Wildman–Crippen MR) is 35.7 cm³/mol. The second kappa shape index (κ2) is 8.30. The number of carbonyl (C=O) groups excluding carboxylic acids is 1. The van der Waals surface area contributed by atoms with Crippen LogP contribution in [0, 0.1) is 0 Å². The minimum atomic E-state index is 0.382. The predicted octanol–water partition coefficient (Wildman–Crippen LogP) is -0.0148. The number of aliphatic imine (C=N–C) groups is 1. The van der Waals surface area contributed by atoms with Crippen LogP contribution >= 0.6 is 0 Å². The molecule has 0 rings (SSSR count). The highest BCUT2D eigenvalue weighted by Crippen LogP contribution is 1.75. The summed E-state index contributed by atoms with van der Waals surface area (Å²) in [6.07, 6.45) is 1.42. The van der Waals surface area contributed by atoms with Crippen molar-refractivity contribution in [3.63, 3.8) is 0 Å². The zero-order valence-electron chi connectivity index (χ0n) is 6.00. The van der Waals surface area contributed by atoms with E-state index in [9.17, 15) is 4.79 Å². The van der Waals surface area contributed by atoms with E-state index in [1.165, 1.54) is 6.08 Å². The summed E-state index contributed by atoms with van der Waals surface area (Å²) >= 11 is 0. The zero-order chi connectivity index (χ0) is 7.66. The van der Waals surface area contributed by atoms with Gasteiger partial charge in [0.05, 0.1) is 26.4 Å². The van der Waals surface area contributed by atoms with Crippen LogP contribution in [-0.4, -0.2) is 39.6 Å². The third kappa shape index (κ3) is 7.30. The van der Waals surface area contributed by atoms with Gasteiger partial charge in [-0.05, 0) is 0 Å². The second-order valence-electron chi connectivity index (χ2n) is 1.58. The van der Waals surface area contributed by atoms with Crippen LogP contribution in [0.15, 0.2) is 4.99 Å². The van der Waals surface area contributed by atoms with Gasteiger partial charge in [0.1, 0.15) is 0 Å². The normalized spacial score (nSPS) is 8.90. The summed E-state index contributed by atoms with van der Waals surface area (Å²) in [5.41, 5.74) is 0. The molecular weight excluding hydrogens is 134 g/mol. The fourth-order valence-corrected chi connectivity index (χ4v) is 0.400. The van der Waals surface area contributed by atoms with E-state index in [0.29, 0.717) is 26.4 Å². The SMILES string of the molecule is COCCOCCN=C=O. The first-order chi connectivity index (χ1) is 4.91. The Morgan fingerprint density at radius 1 is 1.40 bits per heavy atom. The Bertz CT molecular complexity index is 110. The first kappa shape index (κ1) is 9.30. The second-order valence-corrected chi connectivity index (χ2v) is 1.58. The van der Waals surface area contributed by atoms with Gasteiger partial charge in [0.15, 0.2) is 0 Å². The molecule has 0 bridgehead atoms. The Kier molecular flexibility index (Phi) is 7.72. The van der Waals surface area contributed by atoms with Gasteiger partial charge in [-0.25, -0.2) is 9.79 Å². The van der Waals surface area contributed by atoms with Crippen LogP contribution in [0.2, 0.25) is 0 Å². The van der Waals surface area contributed by atoms with E-state index in [2.05, 4.69) is 4.99 Å². The van der Waals surface area contributed by atoms with Crippen LogP contribution in [-0.2, 0) is 14.3 Å². The summed E-state index contributed by atoms with van der Waals surface area (Å²) in [5.74, 6) is 0. The molecule has 0 fully saturated rings. The Morgan fingerprint density at radius 2 is 2.20 bits per heavy atom. The highest BCUT2D eigenvalue weighted by atomic mass is 16.5. The number of ether oxygens (including phenoxy) is 2. The first-order valence-corrected chi connectivity index (χ1v) is 3.02. The molecule has 0 aliphatic carbocycles. The average Bonchev–Trinajstić information content (AvgIpc) is 1.97. The lowest BCUT2D eigenvalue weighted by molar-refractivity contribution is 0.0748. The quantitative estimate of drug-likeness (QED) is 0.300. The molecule has 0 aromatic heterocycles. The number of hydrogen-bond donors (Lipinski definition) is 0. The van der Waals surface area contributed by atoms with Gasteiger partial charge < -0.3 is 9.47 Å². The van der Waals surface area contributed by atoms with Gasteiger partial charge in [0.2, 0.25) is 6.08 Å². The lowest BCUT2D eigenvalue weighted by atomic mass is 10.7. The van der Waals surface area contributed by atoms with E-state index in [1.807, 2.05) is 0 Å². The average molecular weight is 145 g/mol. The third-order valence-electron chi connectivity index (χ3n) is 0.844. The van der Waals surface area contributed by atoms with Crippen LogP contribution in [0.4, 0.5) is 0 Å². The molecule has 0 saturated heterocycles. The molecule has 0 heterocycles. The molecule has 0 N–H and O–H groups in total. The maximum Gasteiger partial charge on any atom is 0.235 e. The van der Waals surface area contributed by atoms with Gasteiger partial charge in [-0.3, -0.25) is 0 Å². The van der Waals surface area contributed by atoms with Gasteiger partial charge in [-0.2, -0.15) is 0 Å². The largest absolute Gasteiger partial charge is 0.382 e. The van der Waals surface area contributed by atoms with Crippen LogP contribution in [0.5, 0.6) is 0 Å². The standard InChI is InChI=1S/C6H11NO3/c1-9-4-5-10-3-2-7-6-8/h2-5H2,1H3. The lowest BCUT2D eigenvalue weighted by Gasteiger charge is -1.98. The lowest BCUT2D eigenvalue weighted by Crippen LogP contribution is -2.04. The van der Waals surface area contributed by atoms with Gasteiger partial charge in [0, 0.05) is 7.11 Å². The van der Waals surface area contributed by atoms with E-state index in [1.54, 1.807) is 7.11 Å². The van der Waals surface area contributed by atoms with E-state index >= 15 is 0 Å². The van der Waals surface area contributed by atoms with Crippen molar-refractivity contribution < 1.29 is 14.3 Å². The molecule has 10 heavy (non-hydrogen) atoms. The highest BCUT2D eigenvalue weighted by Gasteiger charge is 1.84. The van der Waals surface area contributed by atoms with Gasteiger partial charge in [0.25, 0.3) is 0 Å². The molecule has 0 spiro atoms. The summed E-state index contributed by atoms with van der Waals surface area (Å²) in [4.78, 5) is 12.8. The number of hydrogen-bond acceptors (Lipinski definition) is 4. The number of rotatable bonds is 6. The topological polar surface area (TPSA) is 47.9 Å². The van der Waals surface area contributed by atoms with Crippen LogP contribution in [0.3, 0.4) is 0 Å². The molecule has 0 radical (unpaired) electrons. The maximum atomic E-state index is 9.52.